The molecule has 1 aromatic carbocycles. The standard InChI is InChI=1S/C9H12N2O4S/c1-7-4-2-3-5-8(7)16(13,14)15-6-9(12)11-10/h2-5H,6,10H2,1H3,(H,11,12). The lowest BCUT2D eigenvalue weighted by atomic mass is 10.2. The third kappa shape index (κ3) is 3.02. The molecule has 1 amide bonds. The lowest BCUT2D eigenvalue weighted by molar-refractivity contribution is -0.123. The van der Waals surface area contributed by atoms with Crippen LogP contribution < -0.4 is 11.3 Å². The lowest BCUT2D eigenvalue weighted by Crippen LogP contribution is -2.34. The van der Waals surface area contributed by atoms with Crippen LogP contribution in [-0.4, -0.2) is 20.9 Å². The smallest absolute Gasteiger partial charge is 0.292 e. The highest BCUT2D eigenvalue weighted by Crippen LogP contribution is 2.16. The quantitative estimate of drug-likeness (QED) is 0.327. The summed E-state index contributed by atoms with van der Waals surface area (Å²) in [5.74, 6) is 4.08. The fraction of sp³-hybridized carbons (Fsp3) is 0.222. The number of hydrazine groups is 1. The molecule has 1 rings (SSSR count). The topological polar surface area (TPSA) is 98.5 Å². The van der Waals surface area contributed by atoms with E-state index in [9.17, 15) is 13.2 Å². The summed E-state index contributed by atoms with van der Waals surface area (Å²) in [5.41, 5.74) is 2.33. The van der Waals surface area contributed by atoms with E-state index in [0.717, 1.165) is 0 Å². The van der Waals surface area contributed by atoms with Crippen molar-refractivity contribution in [3.8, 4) is 0 Å². The van der Waals surface area contributed by atoms with E-state index < -0.39 is 22.6 Å². The van der Waals surface area contributed by atoms with Crippen molar-refractivity contribution in [2.24, 2.45) is 5.84 Å². The number of aryl methyl sites for hydroxylation is 1. The first-order chi connectivity index (χ1) is 7.47. The van der Waals surface area contributed by atoms with Crippen LogP contribution in [0.5, 0.6) is 0 Å². The average Bonchev–Trinajstić information content (AvgIpc) is 2.26. The second-order valence-electron chi connectivity index (χ2n) is 3.05. The molecule has 3 N–H and O–H groups in total. The van der Waals surface area contributed by atoms with Gasteiger partial charge >= 0.3 is 0 Å². The molecule has 0 aliphatic carbocycles. The Morgan fingerprint density at radius 3 is 2.62 bits per heavy atom. The van der Waals surface area contributed by atoms with Gasteiger partial charge in [0.2, 0.25) is 0 Å². The first kappa shape index (κ1) is 12.6. The minimum Gasteiger partial charge on any atom is -0.292 e. The lowest BCUT2D eigenvalue weighted by Gasteiger charge is -2.06. The van der Waals surface area contributed by atoms with Gasteiger partial charge < -0.3 is 0 Å². The van der Waals surface area contributed by atoms with Crippen LogP contribution in [0, 0.1) is 6.92 Å². The van der Waals surface area contributed by atoms with Crippen LogP contribution in [0.2, 0.25) is 0 Å². The van der Waals surface area contributed by atoms with E-state index in [0.29, 0.717) is 5.56 Å². The number of amides is 1. The molecule has 6 nitrogen and oxygen atoms in total. The molecule has 0 unspecified atom stereocenters. The normalized spacial score (nSPS) is 11.1. The molecule has 0 bridgehead atoms. The number of carbonyl (C=O) groups excluding carboxylic acids is 1. The van der Waals surface area contributed by atoms with E-state index in [2.05, 4.69) is 4.18 Å². The summed E-state index contributed by atoms with van der Waals surface area (Å²) >= 11 is 0. The van der Waals surface area contributed by atoms with E-state index in [1.54, 1.807) is 30.5 Å². The Hall–Kier alpha value is -1.44. The van der Waals surface area contributed by atoms with Gasteiger partial charge in [0.15, 0.2) is 0 Å². The first-order valence-corrected chi connectivity index (χ1v) is 5.82. The largest absolute Gasteiger partial charge is 0.297 e. The van der Waals surface area contributed by atoms with E-state index in [4.69, 9.17) is 5.84 Å². The maximum atomic E-state index is 11.6. The molecular weight excluding hydrogens is 232 g/mol. The summed E-state index contributed by atoms with van der Waals surface area (Å²) in [6, 6.07) is 6.33. The molecule has 0 fully saturated rings. The Morgan fingerprint density at radius 2 is 2.06 bits per heavy atom. The summed E-state index contributed by atoms with van der Waals surface area (Å²) in [6.45, 7) is 1.01. The second kappa shape index (κ2) is 5.06. The molecule has 0 atom stereocenters. The van der Waals surface area contributed by atoms with Crippen molar-refractivity contribution in [3.63, 3.8) is 0 Å². The Kier molecular flexibility index (Phi) is 3.99. The van der Waals surface area contributed by atoms with Crippen LogP contribution in [0.4, 0.5) is 0 Å². The fourth-order valence-corrected chi connectivity index (χ4v) is 2.17. The van der Waals surface area contributed by atoms with Gasteiger partial charge in [-0.3, -0.25) is 14.4 Å². The second-order valence-corrected chi connectivity index (χ2v) is 4.63. The highest BCUT2D eigenvalue weighted by Gasteiger charge is 2.18. The number of hydrogen-bond donors (Lipinski definition) is 2. The summed E-state index contributed by atoms with van der Waals surface area (Å²) < 4.78 is 27.8. The molecule has 0 aromatic heterocycles. The number of nitrogens with two attached hydrogens (primary N) is 1. The summed E-state index contributed by atoms with van der Waals surface area (Å²) in [4.78, 5) is 10.8. The molecule has 0 radical (unpaired) electrons. The van der Waals surface area contributed by atoms with Gasteiger partial charge in [0.25, 0.3) is 16.0 Å². The molecule has 7 heteroatoms. The number of hydrogen-bond acceptors (Lipinski definition) is 5. The van der Waals surface area contributed by atoms with Crippen LogP contribution >= 0.6 is 0 Å². The number of carbonyl (C=O) groups is 1. The molecule has 1 aromatic rings. The molecule has 0 heterocycles. The molecule has 16 heavy (non-hydrogen) atoms. The molecule has 0 spiro atoms. The summed E-state index contributed by atoms with van der Waals surface area (Å²) in [5, 5.41) is 0. The van der Waals surface area contributed by atoms with Gasteiger partial charge in [-0.15, -0.1) is 0 Å². The van der Waals surface area contributed by atoms with Gasteiger partial charge in [-0.05, 0) is 18.6 Å². The number of benzene rings is 1. The minimum atomic E-state index is -3.91. The molecular formula is C9H12N2O4S. The fourth-order valence-electron chi connectivity index (χ4n) is 1.07. The van der Waals surface area contributed by atoms with Crippen LogP contribution in [-0.2, 0) is 19.1 Å². The van der Waals surface area contributed by atoms with Gasteiger partial charge in [0, 0.05) is 0 Å². The van der Waals surface area contributed by atoms with Crippen LogP contribution in [0.1, 0.15) is 5.56 Å². The van der Waals surface area contributed by atoms with E-state index in [1.165, 1.54) is 6.07 Å². The van der Waals surface area contributed by atoms with Crippen molar-refractivity contribution in [2.75, 3.05) is 6.61 Å². The minimum absolute atomic E-state index is 0.0415. The third-order valence-electron chi connectivity index (χ3n) is 1.87. The Labute approximate surface area is 93.5 Å². The first-order valence-electron chi connectivity index (χ1n) is 4.42. The predicted molar refractivity (Wildman–Crippen MR) is 56.6 cm³/mol. The van der Waals surface area contributed by atoms with Gasteiger partial charge in [-0.2, -0.15) is 8.42 Å². The van der Waals surface area contributed by atoms with Crippen molar-refractivity contribution in [1.29, 1.82) is 0 Å². The van der Waals surface area contributed by atoms with Gasteiger partial charge in [-0.1, -0.05) is 18.2 Å². The maximum absolute atomic E-state index is 11.6. The van der Waals surface area contributed by atoms with Crippen LogP contribution in [0.25, 0.3) is 0 Å². The summed E-state index contributed by atoms with van der Waals surface area (Å²) in [7, 11) is -3.91. The van der Waals surface area contributed by atoms with Gasteiger partial charge in [0.05, 0.1) is 4.90 Å². The zero-order chi connectivity index (χ0) is 12.2. The third-order valence-corrected chi connectivity index (χ3v) is 3.29. The van der Waals surface area contributed by atoms with Gasteiger partial charge in [-0.25, -0.2) is 5.84 Å². The van der Waals surface area contributed by atoms with Crippen molar-refractivity contribution in [2.45, 2.75) is 11.8 Å². The molecule has 88 valence electrons. The highest BCUT2D eigenvalue weighted by atomic mass is 32.2. The van der Waals surface area contributed by atoms with Crippen LogP contribution in [0.3, 0.4) is 0 Å². The Balaban J connectivity index is 2.87. The average molecular weight is 244 g/mol. The summed E-state index contributed by atoms with van der Waals surface area (Å²) in [6.07, 6.45) is 0. The number of rotatable bonds is 4. The van der Waals surface area contributed by atoms with E-state index >= 15 is 0 Å². The van der Waals surface area contributed by atoms with Crippen molar-refractivity contribution in [1.82, 2.24) is 5.43 Å². The Bertz CT molecular complexity index is 484. The van der Waals surface area contributed by atoms with E-state index in [-0.39, 0.29) is 4.90 Å². The van der Waals surface area contributed by atoms with Crippen molar-refractivity contribution >= 4 is 16.0 Å². The molecule has 0 saturated heterocycles. The van der Waals surface area contributed by atoms with Crippen LogP contribution in [0.15, 0.2) is 29.2 Å². The zero-order valence-corrected chi connectivity index (χ0v) is 9.45. The van der Waals surface area contributed by atoms with Gasteiger partial charge in [0.1, 0.15) is 6.61 Å². The molecule has 0 saturated carbocycles. The Morgan fingerprint density at radius 1 is 1.44 bits per heavy atom. The zero-order valence-electron chi connectivity index (χ0n) is 8.64. The highest BCUT2D eigenvalue weighted by molar-refractivity contribution is 7.86. The SMILES string of the molecule is Cc1ccccc1S(=O)(=O)OCC(=O)NN. The predicted octanol–water partition coefficient (Wildman–Crippen LogP) is -0.310. The van der Waals surface area contributed by atoms with Crippen molar-refractivity contribution < 1.29 is 17.4 Å². The molecule has 0 aliphatic heterocycles. The number of nitrogens with one attached hydrogen (secondary N) is 1. The monoisotopic (exact) mass is 244 g/mol. The van der Waals surface area contributed by atoms with Crippen molar-refractivity contribution in [3.05, 3.63) is 29.8 Å². The molecule has 0 aliphatic rings. The maximum Gasteiger partial charge on any atom is 0.297 e. The van der Waals surface area contributed by atoms with E-state index in [1.807, 2.05) is 0 Å².